The van der Waals surface area contributed by atoms with Gasteiger partial charge in [-0.2, -0.15) is 0 Å². The van der Waals surface area contributed by atoms with Crippen LogP contribution in [0.2, 0.25) is 0 Å². The predicted molar refractivity (Wildman–Crippen MR) is 123 cm³/mol. The van der Waals surface area contributed by atoms with Crippen LogP contribution >= 0.6 is 7.14 Å². The maximum atomic E-state index is 13.2. The standard InChI is InChI=1S/C24H28BOP/c1-19(2)27(25,22-16-10-5-11-17-22)24(21-14-8-4-9-15-21)18-23(26)20-12-6-3-7-13-20/h3-17,19,24H,18H2,1-2,25H3/t24-,27?/m0/s1. The smallest absolute Gasteiger partial charge is 0.166 e. The summed E-state index contributed by atoms with van der Waals surface area (Å²) in [7, 11) is -1.35. The SMILES string of the molecule is [BH3-][P+](c1ccccc1)(C(C)C)[C@@H](CC(=O)c1ccccc1)c1ccccc1. The number of benzene rings is 3. The van der Waals surface area contributed by atoms with Crippen molar-refractivity contribution < 1.29 is 4.79 Å². The Labute approximate surface area is 164 Å². The Morgan fingerprint density at radius 3 is 1.81 bits per heavy atom. The Bertz CT molecular complexity index is 865. The molecule has 2 atom stereocenters. The lowest BCUT2D eigenvalue weighted by atomic mass is 10.0. The van der Waals surface area contributed by atoms with Crippen LogP contribution in [0.1, 0.15) is 41.8 Å². The summed E-state index contributed by atoms with van der Waals surface area (Å²) < 4.78 is 0. The third kappa shape index (κ3) is 4.23. The molecule has 0 saturated carbocycles. The van der Waals surface area contributed by atoms with Crippen molar-refractivity contribution in [2.24, 2.45) is 0 Å². The second-order valence-corrected chi connectivity index (χ2v) is 9.74. The van der Waals surface area contributed by atoms with E-state index in [4.69, 9.17) is 0 Å². The number of rotatable bonds is 7. The van der Waals surface area contributed by atoms with Crippen molar-refractivity contribution in [3.63, 3.8) is 0 Å². The van der Waals surface area contributed by atoms with Gasteiger partial charge >= 0.3 is 0 Å². The second kappa shape index (κ2) is 8.68. The Kier molecular flexibility index (Phi) is 6.29. The first kappa shape index (κ1) is 19.6. The molecule has 3 heteroatoms. The van der Waals surface area contributed by atoms with Gasteiger partial charge in [0, 0.05) is 17.6 Å². The fraction of sp³-hybridized carbons (Fsp3) is 0.208. The van der Waals surface area contributed by atoms with Crippen LogP contribution in [0.25, 0.3) is 0 Å². The largest absolute Gasteiger partial charge is 0.294 e. The van der Waals surface area contributed by atoms with Gasteiger partial charge in [0.15, 0.2) is 5.78 Å². The van der Waals surface area contributed by atoms with Crippen molar-refractivity contribution in [2.75, 3.05) is 0 Å². The molecule has 3 aromatic rings. The highest BCUT2D eigenvalue weighted by atomic mass is 31.2. The van der Waals surface area contributed by atoms with Crippen LogP contribution in [-0.4, -0.2) is 19.0 Å². The van der Waals surface area contributed by atoms with Crippen molar-refractivity contribution >= 4 is 25.8 Å². The van der Waals surface area contributed by atoms with E-state index in [0.29, 0.717) is 17.7 Å². The molecule has 0 saturated heterocycles. The van der Waals surface area contributed by atoms with E-state index in [1.165, 1.54) is 10.9 Å². The molecule has 0 spiro atoms. The van der Waals surface area contributed by atoms with Crippen LogP contribution in [0, 0.1) is 0 Å². The molecule has 3 rings (SSSR count). The van der Waals surface area contributed by atoms with Crippen LogP contribution in [0.3, 0.4) is 0 Å². The number of hydrogen-bond acceptors (Lipinski definition) is 1. The Morgan fingerprint density at radius 1 is 0.815 bits per heavy atom. The zero-order valence-corrected chi connectivity index (χ0v) is 16.3. The molecular formula is C24H28BOP. The zero-order valence-electron chi connectivity index (χ0n) is 15.4. The predicted octanol–water partition coefficient (Wildman–Crippen LogP) is 5.03. The van der Waals surface area contributed by atoms with Gasteiger partial charge in [-0.05, 0) is 31.5 Å². The molecule has 0 aromatic heterocycles. The zero-order chi connectivity index (χ0) is 19.3. The highest BCUT2D eigenvalue weighted by Crippen LogP contribution is 2.69. The van der Waals surface area contributed by atoms with Crippen molar-refractivity contribution in [1.29, 1.82) is 0 Å². The summed E-state index contributed by atoms with van der Waals surface area (Å²) in [5, 5.41) is 1.51. The third-order valence-corrected chi connectivity index (χ3v) is 7.76. The minimum Gasteiger partial charge on any atom is -0.294 e. The fourth-order valence-electron chi connectivity index (χ4n) is 3.41. The lowest BCUT2D eigenvalue weighted by Crippen LogP contribution is -2.26. The molecule has 138 valence electrons. The van der Waals surface area contributed by atoms with Crippen LogP contribution < -0.4 is 5.30 Å². The van der Waals surface area contributed by atoms with Gasteiger partial charge in [0.1, 0.15) is 7.57 Å². The van der Waals surface area contributed by atoms with Gasteiger partial charge in [-0.1, -0.05) is 78.9 Å². The molecule has 0 bridgehead atoms. The number of hydrogen-bond donors (Lipinski definition) is 0. The van der Waals surface area contributed by atoms with Crippen LogP contribution in [-0.2, 0) is 0 Å². The molecule has 1 unspecified atom stereocenters. The van der Waals surface area contributed by atoms with E-state index in [1.54, 1.807) is 0 Å². The topological polar surface area (TPSA) is 17.1 Å². The summed E-state index contributed by atoms with van der Waals surface area (Å²) in [6.07, 6.45) is 0.610. The first-order chi connectivity index (χ1) is 13.0. The van der Waals surface area contributed by atoms with E-state index in [9.17, 15) is 4.79 Å². The van der Waals surface area contributed by atoms with Crippen LogP contribution in [0.15, 0.2) is 91.0 Å². The molecule has 0 aliphatic heterocycles. The van der Waals surface area contributed by atoms with Gasteiger partial charge in [-0.3, -0.25) is 4.79 Å². The van der Waals surface area contributed by atoms with Crippen LogP contribution in [0.4, 0.5) is 0 Å². The first-order valence-corrected chi connectivity index (χ1v) is 10.6. The molecule has 0 heterocycles. The van der Waals surface area contributed by atoms with E-state index in [2.05, 4.69) is 74.5 Å². The van der Waals surface area contributed by atoms with Gasteiger partial charge < -0.3 is 0 Å². The number of carbonyl (C=O) groups is 1. The average Bonchev–Trinajstić information content (AvgIpc) is 2.73. The minimum atomic E-state index is -1.37. The normalized spacial score (nSPS) is 14.5. The summed E-state index contributed by atoms with van der Waals surface area (Å²) in [6.45, 7) is 4.74. The number of carbonyl (C=O) groups excluding carboxylic acids is 1. The summed E-state index contributed by atoms with van der Waals surface area (Å²) in [4.78, 5) is 13.2. The Morgan fingerprint density at radius 2 is 1.30 bits per heavy atom. The molecule has 0 amide bonds. The van der Waals surface area contributed by atoms with E-state index in [0.717, 1.165) is 5.56 Å². The third-order valence-electron chi connectivity index (χ3n) is 4.61. The molecule has 0 aliphatic rings. The second-order valence-electron chi connectivity index (χ2n) is 6.76. The van der Waals surface area contributed by atoms with Gasteiger partial charge in [0.25, 0.3) is 0 Å². The number of ketones is 1. The monoisotopic (exact) mass is 374 g/mol. The van der Waals surface area contributed by atoms with Crippen molar-refractivity contribution in [3.8, 4) is 0 Å². The molecule has 0 radical (unpaired) electrons. The molecule has 3 aromatic carbocycles. The molecule has 0 aliphatic carbocycles. The lowest BCUT2D eigenvalue weighted by Gasteiger charge is -2.41. The van der Waals surface area contributed by atoms with E-state index < -0.39 is 7.14 Å². The minimum absolute atomic E-state index is 0.0175. The quantitative estimate of drug-likeness (QED) is 0.322. The summed E-state index contributed by atoms with van der Waals surface area (Å²) in [5.74, 6) is 0.269. The maximum Gasteiger partial charge on any atom is 0.166 e. The van der Waals surface area contributed by atoms with E-state index in [1.807, 2.05) is 30.3 Å². The fourth-order valence-corrected chi connectivity index (χ4v) is 6.46. The van der Waals surface area contributed by atoms with Gasteiger partial charge in [-0.15, -0.1) is 7.14 Å². The Balaban J connectivity index is 2.07. The summed E-state index contributed by atoms with van der Waals surface area (Å²) in [5.41, 5.74) is 3.10. The summed E-state index contributed by atoms with van der Waals surface area (Å²) in [6, 6.07) is 31.6. The first-order valence-electron chi connectivity index (χ1n) is 9.13. The molecular weight excluding hydrogens is 346 g/mol. The van der Waals surface area contributed by atoms with Gasteiger partial charge in [0.2, 0.25) is 0 Å². The molecule has 27 heavy (non-hydrogen) atoms. The lowest BCUT2D eigenvalue weighted by molar-refractivity contribution is 0.0981. The Hall–Kier alpha value is -2.18. The van der Waals surface area contributed by atoms with Crippen molar-refractivity contribution in [2.45, 2.75) is 31.6 Å². The molecule has 0 N–H and O–H groups in total. The van der Waals surface area contributed by atoms with Crippen LogP contribution in [0.5, 0.6) is 0 Å². The average molecular weight is 374 g/mol. The highest BCUT2D eigenvalue weighted by Gasteiger charge is 2.41. The molecule has 1 nitrogen and oxygen atoms in total. The van der Waals surface area contributed by atoms with Gasteiger partial charge in [0.05, 0.1) is 11.0 Å². The van der Waals surface area contributed by atoms with Gasteiger partial charge in [-0.25, -0.2) is 0 Å². The maximum absolute atomic E-state index is 13.2. The van der Waals surface area contributed by atoms with Crippen molar-refractivity contribution in [1.82, 2.24) is 0 Å². The van der Waals surface area contributed by atoms with Crippen molar-refractivity contribution in [3.05, 3.63) is 102 Å². The summed E-state index contributed by atoms with van der Waals surface area (Å²) >= 11 is 0. The van der Waals surface area contributed by atoms with E-state index in [-0.39, 0.29) is 13.3 Å². The highest BCUT2D eigenvalue weighted by molar-refractivity contribution is 8.03. The van der Waals surface area contributed by atoms with E-state index >= 15 is 0 Å². The number of Topliss-reactive ketones (excluding diaryl/α,β-unsaturated/α-hetero) is 1. The molecule has 0 fully saturated rings.